The van der Waals surface area contributed by atoms with E-state index in [1.165, 1.54) is 19.4 Å². The maximum atomic E-state index is 13.5. The number of fused-ring (bicyclic) bond motifs is 3. The van der Waals surface area contributed by atoms with E-state index in [4.69, 9.17) is 11.6 Å². The van der Waals surface area contributed by atoms with Crippen LogP contribution in [0, 0.1) is 11.8 Å². The summed E-state index contributed by atoms with van der Waals surface area (Å²) in [6, 6.07) is 1.52. The maximum Gasteiger partial charge on any atom is 0.201 e. The Balaban J connectivity index is 1.57. The summed E-state index contributed by atoms with van der Waals surface area (Å²) in [5.74, 6) is -3.60. The molecule has 176 valence electrons. The summed E-state index contributed by atoms with van der Waals surface area (Å²) in [5, 5.41) is 43.7. The predicted octanol–water partition coefficient (Wildman–Crippen LogP) is 3.75. The SMILES string of the molecule is CC1=C(O)C[C@@H]2CC3Cc4c(Cl)c(CN5CCCCC5)cc(O)c4C(=O)C3=C(O)[C@]2(O)C1=O. The van der Waals surface area contributed by atoms with Crippen LogP contribution in [-0.4, -0.2) is 55.6 Å². The molecule has 0 bridgehead atoms. The van der Waals surface area contributed by atoms with Gasteiger partial charge in [0, 0.05) is 35.1 Å². The number of likely N-dealkylation sites (tertiary alicyclic amines) is 1. The highest BCUT2D eigenvalue weighted by molar-refractivity contribution is 6.33. The molecule has 3 aliphatic carbocycles. The van der Waals surface area contributed by atoms with Crippen LogP contribution in [-0.2, 0) is 17.8 Å². The standard InChI is InChI=1S/C25H28ClNO6/c1-12-17(28)10-15-7-13-8-16-20(22(30)19(13)24(32)25(15,33)23(12)31)18(29)9-14(21(16)26)11-27-5-3-2-4-6-27/h9,13,15,28-29,32-33H,2-8,10-11H2,1H3/t13?,15-,25+/m0/s1. The number of carbonyl (C=O) groups excluding carboxylic acids is 2. The fraction of sp³-hybridized carbons (Fsp3) is 0.520. The minimum atomic E-state index is -2.25. The third kappa shape index (κ3) is 3.24. The van der Waals surface area contributed by atoms with Crippen LogP contribution in [0.1, 0.15) is 60.5 Å². The number of aromatic hydroxyl groups is 1. The molecule has 4 N–H and O–H groups in total. The van der Waals surface area contributed by atoms with Crippen molar-refractivity contribution in [3.8, 4) is 5.75 Å². The smallest absolute Gasteiger partial charge is 0.201 e. The van der Waals surface area contributed by atoms with Crippen molar-refractivity contribution in [1.29, 1.82) is 0 Å². The average molecular weight is 474 g/mol. The van der Waals surface area contributed by atoms with Gasteiger partial charge in [0.2, 0.25) is 5.78 Å². The minimum absolute atomic E-state index is 0.0174. The maximum absolute atomic E-state index is 13.5. The van der Waals surface area contributed by atoms with Crippen molar-refractivity contribution in [1.82, 2.24) is 4.90 Å². The number of ketones is 2. The number of allylic oxidation sites excluding steroid dienone is 2. The lowest BCUT2D eigenvalue weighted by molar-refractivity contribution is -0.142. The van der Waals surface area contributed by atoms with Gasteiger partial charge in [-0.05, 0) is 68.8 Å². The zero-order valence-electron chi connectivity index (χ0n) is 18.5. The highest BCUT2D eigenvalue weighted by Gasteiger charge is 2.58. The summed E-state index contributed by atoms with van der Waals surface area (Å²) in [6.07, 6.45) is 4.01. The molecule has 0 radical (unpaired) electrons. The lowest BCUT2D eigenvalue weighted by atomic mass is 9.60. The molecule has 0 spiro atoms. The molecule has 1 aromatic rings. The van der Waals surface area contributed by atoms with E-state index in [1.54, 1.807) is 0 Å². The molecule has 0 saturated carbocycles. The van der Waals surface area contributed by atoms with E-state index in [-0.39, 0.29) is 41.1 Å². The van der Waals surface area contributed by atoms with Crippen LogP contribution in [0.25, 0.3) is 0 Å². The minimum Gasteiger partial charge on any atom is -0.512 e. The summed E-state index contributed by atoms with van der Waals surface area (Å²) >= 11 is 6.76. The van der Waals surface area contributed by atoms with Gasteiger partial charge in [0.1, 0.15) is 11.5 Å². The number of Topliss-reactive ketones (excluding diaryl/α,β-unsaturated/α-hetero) is 2. The summed E-state index contributed by atoms with van der Waals surface area (Å²) in [4.78, 5) is 28.6. The van der Waals surface area contributed by atoms with E-state index in [2.05, 4.69) is 4.90 Å². The molecule has 8 heteroatoms. The Morgan fingerprint density at radius 2 is 1.82 bits per heavy atom. The molecule has 1 unspecified atom stereocenters. The number of nitrogens with zero attached hydrogens (tertiary/aromatic N) is 1. The Labute approximate surface area is 197 Å². The van der Waals surface area contributed by atoms with E-state index in [0.717, 1.165) is 31.5 Å². The summed E-state index contributed by atoms with van der Waals surface area (Å²) < 4.78 is 0. The molecule has 0 amide bonds. The second-order valence-electron chi connectivity index (χ2n) is 9.86. The van der Waals surface area contributed by atoms with Gasteiger partial charge < -0.3 is 20.4 Å². The van der Waals surface area contributed by atoms with Crippen molar-refractivity contribution in [2.24, 2.45) is 11.8 Å². The third-order valence-corrected chi connectivity index (χ3v) is 8.40. The molecule has 1 heterocycles. The van der Waals surface area contributed by atoms with Crippen molar-refractivity contribution in [3.05, 3.63) is 50.4 Å². The lowest BCUT2D eigenvalue weighted by Crippen LogP contribution is -2.55. The summed E-state index contributed by atoms with van der Waals surface area (Å²) in [5.41, 5.74) is -0.978. The first-order valence-corrected chi connectivity index (χ1v) is 11.9. The van der Waals surface area contributed by atoms with Crippen molar-refractivity contribution in [2.45, 2.75) is 57.6 Å². The van der Waals surface area contributed by atoms with Crippen molar-refractivity contribution < 1.29 is 30.0 Å². The fourth-order valence-corrected chi connectivity index (χ4v) is 6.37. The molecule has 7 nitrogen and oxygen atoms in total. The molecule has 0 aromatic heterocycles. The van der Waals surface area contributed by atoms with Gasteiger partial charge in [-0.25, -0.2) is 0 Å². The monoisotopic (exact) mass is 473 g/mol. The van der Waals surface area contributed by atoms with E-state index >= 15 is 0 Å². The number of rotatable bonds is 2. The first-order valence-electron chi connectivity index (χ1n) is 11.5. The highest BCUT2D eigenvalue weighted by Crippen LogP contribution is 2.52. The van der Waals surface area contributed by atoms with E-state index in [9.17, 15) is 30.0 Å². The van der Waals surface area contributed by atoms with Crippen molar-refractivity contribution in [2.75, 3.05) is 13.1 Å². The van der Waals surface area contributed by atoms with Gasteiger partial charge >= 0.3 is 0 Å². The second-order valence-corrected chi connectivity index (χ2v) is 10.2. The molecule has 3 atom stereocenters. The molecule has 1 aromatic carbocycles. The summed E-state index contributed by atoms with van der Waals surface area (Å²) in [6.45, 7) is 3.90. The second kappa shape index (κ2) is 7.86. The third-order valence-electron chi connectivity index (χ3n) is 7.92. The number of piperidine rings is 1. The summed E-state index contributed by atoms with van der Waals surface area (Å²) in [7, 11) is 0. The molecule has 1 saturated heterocycles. The first kappa shape index (κ1) is 22.4. The van der Waals surface area contributed by atoms with Crippen LogP contribution in [0.5, 0.6) is 5.75 Å². The Morgan fingerprint density at radius 1 is 1.12 bits per heavy atom. The molecule has 1 aliphatic heterocycles. The fourth-order valence-electron chi connectivity index (χ4n) is 6.09. The van der Waals surface area contributed by atoms with E-state index < -0.39 is 34.8 Å². The predicted molar refractivity (Wildman–Crippen MR) is 121 cm³/mol. The van der Waals surface area contributed by atoms with Crippen molar-refractivity contribution in [3.63, 3.8) is 0 Å². The Morgan fingerprint density at radius 3 is 2.52 bits per heavy atom. The molecule has 1 fully saturated rings. The van der Waals surface area contributed by atoms with Gasteiger partial charge in [-0.3, -0.25) is 14.5 Å². The number of hydrogen-bond acceptors (Lipinski definition) is 7. The number of benzene rings is 1. The number of halogens is 1. The normalized spacial score (nSPS) is 30.3. The van der Waals surface area contributed by atoms with Gasteiger partial charge in [0.15, 0.2) is 11.4 Å². The number of aliphatic hydroxyl groups excluding tert-OH is 2. The van der Waals surface area contributed by atoms with Gasteiger partial charge in [0.25, 0.3) is 0 Å². The van der Waals surface area contributed by atoms with Gasteiger partial charge in [-0.15, -0.1) is 0 Å². The largest absolute Gasteiger partial charge is 0.512 e. The van der Waals surface area contributed by atoms with Gasteiger partial charge in [-0.1, -0.05) is 18.0 Å². The number of phenolic OH excluding ortho intramolecular Hbond substituents is 1. The zero-order chi connectivity index (χ0) is 23.7. The number of carbonyl (C=O) groups is 2. The number of hydrogen-bond donors (Lipinski definition) is 4. The molecule has 33 heavy (non-hydrogen) atoms. The van der Waals surface area contributed by atoms with E-state index in [1.807, 2.05) is 0 Å². The van der Waals surface area contributed by atoms with Crippen molar-refractivity contribution >= 4 is 23.2 Å². The van der Waals surface area contributed by atoms with Gasteiger partial charge in [-0.2, -0.15) is 0 Å². The topological polar surface area (TPSA) is 118 Å². The van der Waals surface area contributed by atoms with Crippen LogP contribution in [0.15, 0.2) is 28.7 Å². The van der Waals surface area contributed by atoms with Crippen LogP contribution < -0.4 is 0 Å². The highest BCUT2D eigenvalue weighted by atomic mass is 35.5. The zero-order valence-corrected chi connectivity index (χ0v) is 19.3. The molecule has 5 rings (SSSR count). The van der Waals surface area contributed by atoms with Crippen LogP contribution in [0.3, 0.4) is 0 Å². The number of aliphatic hydroxyl groups is 3. The molecule has 4 aliphatic rings. The van der Waals surface area contributed by atoms with Gasteiger partial charge in [0.05, 0.1) is 11.3 Å². The first-order chi connectivity index (χ1) is 15.6. The average Bonchev–Trinajstić information content (AvgIpc) is 2.78. The number of phenols is 1. The lowest BCUT2D eigenvalue weighted by Gasteiger charge is -2.45. The Hall–Kier alpha value is -2.35. The van der Waals surface area contributed by atoms with Crippen LogP contribution in [0.2, 0.25) is 5.02 Å². The van der Waals surface area contributed by atoms with Crippen LogP contribution >= 0.6 is 11.6 Å². The Kier molecular flexibility index (Phi) is 5.34. The quantitative estimate of drug-likeness (QED) is 0.516. The van der Waals surface area contributed by atoms with Crippen LogP contribution in [0.4, 0.5) is 0 Å². The molecular weight excluding hydrogens is 446 g/mol. The Bertz CT molecular complexity index is 1130. The molecular formula is C25H28ClNO6. The van der Waals surface area contributed by atoms with E-state index in [0.29, 0.717) is 23.6 Å².